The lowest BCUT2D eigenvalue weighted by atomic mass is 9.96. The van der Waals surface area contributed by atoms with Gasteiger partial charge in [0, 0.05) is 5.02 Å². The summed E-state index contributed by atoms with van der Waals surface area (Å²) >= 11 is 5.94. The van der Waals surface area contributed by atoms with Crippen molar-refractivity contribution in [3.8, 4) is 0 Å². The van der Waals surface area contributed by atoms with E-state index in [2.05, 4.69) is 78.9 Å². The maximum absolute atomic E-state index is 5.94. The van der Waals surface area contributed by atoms with Gasteiger partial charge >= 0.3 is 0 Å². The van der Waals surface area contributed by atoms with E-state index in [1.165, 1.54) is 41.5 Å². The van der Waals surface area contributed by atoms with E-state index in [0.717, 1.165) is 17.9 Å². The van der Waals surface area contributed by atoms with Crippen molar-refractivity contribution in [2.24, 2.45) is 0 Å². The molecule has 0 amide bonds. The van der Waals surface area contributed by atoms with Gasteiger partial charge in [0.2, 0.25) is 0 Å². The lowest BCUT2D eigenvalue weighted by Gasteiger charge is -2.09. The Balaban J connectivity index is 1.55. The number of hydrogen-bond acceptors (Lipinski definition) is 0. The lowest BCUT2D eigenvalue weighted by molar-refractivity contribution is 0.687. The molecule has 0 heterocycles. The third kappa shape index (κ3) is 5.61. The number of aryl methyl sites for hydroxylation is 1. The van der Waals surface area contributed by atoms with Gasteiger partial charge in [0.1, 0.15) is 0 Å². The lowest BCUT2D eigenvalue weighted by Crippen LogP contribution is -1.89. The summed E-state index contributed by atoms with van der Waals surface area (Å²) in [5.74, 6) is 0. The van der Waals surface area contributed by atoms with Crippen molar-refractivity contribution in [1.29, 1.82) is 0 Å². The fourth-order valence-corrected chi connectivity index (χ4v) is 3.31. The van der Waals surface area contributed by atoms with Crippen LogP contribution in [0, 0.1) is 0 Å². The van der Waals surface area contributed by atoms with Crippen LogP contribution >= 0.6 is 11.6 Å². The highest BCUT2D eigenvalue weighted by Crippen LogP contribution is 2.24. The Bertz CT molecular complexity index is 760. The van der Waals surface area contributed by atoms with Crippen LogP contribution in [-0.4, -0.2) is 0 Å². The van der Waals surface area contributed by atoms with Gasteiger partial charge in [-0.05, 0) is 60.1 Å². The Kier molecular flexibility index (Phi) is 7.10. The van der Waals surface area contributed by atoms with E-state index >= 15 is 0 Å². The minimum atomic E-state index is 0.813. The van der Waals surface area contributed by atoms with E-state index in [9.17, 15) is 0 Å². The highest BCUT2D eigenvalue weighted by molar-refractivity contribution is 6.30. The molecule has 0 aliphatic carbocycles. The molecule has 0 saturated heterocycles. The fourth-order valence-electron chi connectivity index (χ4n) is 3.19. The molecular formula is C25H25Cl. The van der Waals surface area contributed by atoms with E-state index < -0.39 is 0 Å². The molecule has 26 heavy (non-hydrogen) atoms. The summed E-state index contributed by atoms with van der Waals surface area (Å²) in [6, 6.07) is 29.6. The van der Waals surface area contributed by atoms with Crippen LogP contribution in [0.2, 0.25) is 5.02 Å². The van der Waals surface area contributed by atoms with Crippen LogP contribution in [0.3, 0.4) is 0 Å². The maximum atomic E-state index is 5.94. The molecule has 0 aromatic heterocycles. The highest BCUT2D eigenvalue weighted by Gasteiger charge is 2.03. The molecule has 0 fully saturated rings. The van der Waals surface area contributed by atoms with E-state index in [-0.39, 0.29) is 0 Å². The summed E-state index contributed by atoms with van der Waals surface area (Å²) in [7, 11) is 0. The zero-order valence-electron chi connectivity index (χ0n) is 15.1. The van der Waals surface area contributed by atoms with Crippen LogP contribution in [-0.2, 0) is 6.42 Å². The predicted molar refractivity (Wildman–Crippen MR) is 114 cm³/mol. The Hall–Kier alpha value is -2.31. The van der Waals surface area contributed by atoms with E-state index in [1.807, 2.05) is 12.1 Å². The molecule has 0 bridgehead atoms. The van der Waals surface area contributed by atoms with Gasteiger partial charge < -0.3 is 0 Å². The van der Waals surface area contributed by atoms with Crippen molar-refractivity contribution >= 4 is 17.2 Å². The highest BCUT2D eigenvalue weighted by atomic mass is 35.5. The van der Waals surface area contributed by atoms with Crippen LogP contribution in [0.15, 0.2) is 91.0 Å². The molecule has 0 nitrogen and oxygen atoms in total. The van der Waals surface area contributed by atoms with Gasteiger partial charge in [-0.3, -0.25) is 0 Å². The summed E-state index contributed by atoms with van der Waals surface area (Å²) < 4.78 is 0. The van der Waals surface area contributed by atoms with Crippen LogP contribution in [0.5, 0.6) is 0 Å². The molecule has 3 aromatic rings. The summed E-state index contributed by atoms with van der Waals surface area (Å²) in [5.41, 5.74) is 5.29. The molecule has 0 atom stereocenters. The largest absolute Gasteiger partial charge is 0.0843 e. The number of hydrogen-bond donors (Lipinski definition) is 0. The Morgan fingerprint density at radius 3 is 1.81 bits per heavy atom. The van der Waals surface area contributed by atoms with Gasteiger partial charge in [-0.15, -0.1) is 0 Å². The second-order valence-corrected chi connectivity index (χ2v) is 7.01. The first-order valence-electron chi connectivity index (χ1n) is 9.38. The van der Waals surface area contributed by atoms with Crippen LogP contribution in [0.25, 0.3) is 5.57 Å². The van der Waals surface area contributed by atoms with Gasteiger partial charge in [0.25, 0.3) is 0 Å². The molecule has 0 radical (unpaired) electrons. The number of allylic oxidation sites excluding steroid dienone is 1. The number of benzene rings is 3. The average molecular weight is 361 g/mol. The van der Waals surface area contributed by atoms with Gasteiger partial charge in [0.15, 0.2) is 0 Å². The minimum absolute atomic E-state index is 0.813. The number of rotatable bonds is 8. The van der Waals surface area contributed by atoms with E-state index in [4.69, 9.17) is 11.6 Å². The Labute approximate surface area is 162 Å². The molecule has 132 valence electrons. The minimum Gasteiger partial charge on any atom is -0.0843 e. The van der Waals surface area contributed by atoms with Crippen LogP contribution < -0.4 is 0 Å². The van der Waals surface area contributed by atoms with Crippen molar-refractivity contribution in [2.45, 2.75) is 32.1 Å². The van der Waals surface area contributed by atoms with E-state index in [0.29, 0.717) is 0 Å². The third-order valence-electron chi connectivity index (χ3n) is 4.60. The molecule has 3 aromatic carbocycles. The van der Waals surface area contributed by atoms with Crippen molar-refractivity contribution < 1.29 is 0 Å². The summed E-state index contributed by atoms with van der Waals surface area (Å²) in [6.07, 6.45) is 8.33. The average Bonchev–Trinajstić information content (AvgIpc) is 2.70. The standard InChI is InChI=1S/C25H25Cl/c26-24-19-17-21(18-20-24)11-5-1-2-10-16-25(22-12-6-3-7-13-22)23-14-8-4-9-15-23/h3-4,6-9,12-20H,1-2,5,10-11H2. The van der Waals surface area contributed by atoms with Crippen molar-refractivity contribution in [2.75, 3.05) is 0 Å². The Morgan fingerprint density at radius 1 is 0.654 bits per heavy atom. The first-order valence-corrected chi connectivity index (χ1v) is 9.76. The van der Waals surface area contributed by atoms with Gasteiger partial charge in [-0.25, -0.2) is 0 Å². The zero-order chi connectivity index (χ0) is 18.0. The normalized spacial score (nSPS) is 10.5. The van der Waals surface area contributed by atoms with Gasteiger partial charge in [-0.2, -0.15) is 0 Å². The molecular weight excluding hydrogens is 336 g/mol. The van der Waals surface area contributed by atoms with Crippen molar-refractivity contribution in [1.82, 2.24) is 0 Å². The van der Waals surface area contributed by atoms with Crippen molar-refractivity contribution in [3.63, 3.8) is 0 Å². The molecule has 0 spiro atoms. The molecule has 0 N–H and O–H groups in total. The van der Waals surface area contributed by atoms with Gasteiger partial charge in [0.05, 0.1) is 0 Å². The topological polar surface area (TPSA) is 0 Å². The fraction of sp³-hybridized carbons (Fsp3) is 0.200. The monoisotopic (exact) mass is 360 g/mol. The van der Waals surface area contributed by atoms with Crippen molar-refractivity contribution in [3.05, 3.63) is 113 Å². The summed E-state index contributed by atoms with van der Waals surface area (Å²) in [6.45, 7) is 0. The molecule has 0 aliphatic rings. The third-order valence-corrected chi connectivity index (χ3v) is 4.85. The Morgan fingerprint density at radius 2 is 1.23 bits per heavy atom. The summed E-state index contributed by atoms with van der Waals surface area (Å²) in [5, 5.41) is 0.813. The SMILES string of the molecule is Clc1ccc(CCCCCC=C(c2ccccc2)c2ccccc2)cc1. The van der Waals surface area contributed by atoms with E-state index in [1.54, 1.807) is 0 Å². The first kappa shape index (κ1) is 18.5. The zero-order valence-corrected chi connectivity index (χ0v) is 15.8. The molecule has 1 heteroatoms. The predicted octanol–water partition coefficient (Wildman–Crippen LogP) is 7.57. The second kappa shape index (κ2) is 9.99. The smallest absolute Gasteiger partial charge is 0.0406 e. The number of unbranched alkanes of at least 4 members (excludes halogenated alkanes) is 3. The second-order valence-electron chi connectivity index (χ2n) is 6.58. The summed E-state index contributed by atoms with van der Waals surface area (Å²) in [4.78, 5) is 0. The van der Waals surface area contributed by atoms with Crippen LogP contribution in [0.4, 0.5) is 0 Å². The molecule has 3 rings (SSSR count). The quantitative estimate of drug-likeness (QED) is 0.363. The van der Waals surface area contributed by atoms with Crippen LogP contribution in [0.1, 0.15) is 42.4 Å². The molecule has 0 saturated carbocycles. The maximum Gasteiger partial charge on any atom is 0.0406 e. The first-order chi connectivity index (χ1) is 12.8. The van der Waals surface area contributed by atoms with Gasteiger partial charge in [-0.1, -0.05) is 96.9 Å². The number of halogens is 1. The molecule has 0 unspecified atom stereocenters. The molecule has 0 aliphatic heterocycles.